The molecule has 1 N–H and O–H groups in total. The Kier molecular flexibility index (Phi) is 9.47. The van der Waals surface area contributed by atoms with Crippen molar-refractivity contribution in [3.63, 3.8) is 0 Å². The Morgan fingerprint density at radius 3 is 2.33 bits per heavy atom. The molecule has 0 saturated carbocycles. The lowest BCUT2D eigenvalue weighted by Gasteiger charge is -2.30. The number of likely N-dealkylation sites (N-methyl/N-ethyl adjacent to an activating group) is 1. The second kappa shape index (κ2) is 11.8. The fourth-order valence-electron chi connectivity index (χ4n) is 3.09. The highest BCUT2D eigenvalue weighted by atomic mass is 35.5. The molecule has 162 valence electrons. The number of amides is 2. The third-order valence-corrected chi connectivity index (χ3v) is 5.37. The molecule has 0 spiro atoms. The van der Waals surface area contributed by atoms with E-state index in [-0.39, 0.29) is 25.0 Å². The minimum atomic E-state index is -0.629. The first-order valence-corrected chi connectivity index (χ1v) is 10.9. The van der Waals surface area contributed by atoms with Crippen LogP contribution in [0.2, 0.25) is 10.0 Å². The van der Waals surface area contributed by atoms with Gasteiger partial charge in [-0.05, 0) is 55.2 Å². The molecule has 0 aliphatic heterocycles. The van der Waals surface area contributed by atoms with Crippen LogP contribution < -0.4 is 10.1 Å². The fourth-order valence-corrected chi connectivity index (χ4v) is 3.56. The number of rotatable bonds is 10. The fraction of sp³-hybridized carbons (Fsp3) is 0.391. The van der Waals surface area contributed by atoms with Gasteiger partial charge in [-0.2, -0.15) is 0 Å². The lowest BCUT2D eigenvalue weighted by molar-refractivity contribution is -0.142. The molecule has 0 aliphatic rings. The van der Waals surface area contributed by atoms with E-state index in [1.807, 2.05) is 38.1 Å². The van der Waals surface area contributed by atoms with Gasteiger partial charge in [0.1, 0.15) is 11.8 Å². The minimum absolute atomic E-state index is 0.174. The largest absolute Gasteiger partial charge is 0.484 e. The van der Waals surface area contributed by atoms with Gasteiger partial charge in [0, 0.05) is 23.1 Å². The quantitative estimate of drug-likeness (QED) is 0.560. The van der Waals surface area contributed by atoms with Crippen molar-refractivity contribution >= 4 is 35.0 Å². The van der Waals surface area contributed by atoms with Crippen molar-refractivity contribution in [2.45, 2.75) is 46.2 Å². The summed E-state index contributed by atoms with van der Waals surface area (Å²) in [6, 6.07) is 12.1. The van der Waals surface area contributed by atoms with Gasteiger partial charge in [0.15, 0.2) is 6.61 Å². The second-order valence-electron chi connectivity index (χ2n) is 6.86. The number of aryl methyl sites for hydroxylation is 1. The Morgan fingerprint density at radius 1 is 1.07 bits per heavy atom. The summed E-state index contributed by atoms with van der Waals surface area (Å²) in [5.74, 6) is 0.112. The van der Waals surface area contributed by atoms with Gasteiger partial charge in [-0.3, -0.25) is 9.59 Å². The summed E-state index contributed by atoms with van der Waals surface area (Å²) < 4.78 is 5.69. The number of hydrogen-bond donors (Lipinski definition) is 1. The van der Waals surface area contributed by atoms with Crippen LogP contribution in [0.25, 0.3) is 0 Å². The van der Waals surface area contributed by atoms with Gasteiger partial charge in [-0.15, -0.1) is 0 Å². The molecule has 0 heterocycles. The van der Waals surface area contributed by atoms with Gasteiger partial charge in [-0.1, -0.05) is 55.2 Å². The number of benzene rings is 2. The number of nitrogens with zero attached hydrogens (tertiary/aromatic N) is 1. The Morgan fingerprint density at radius 2 is 1.77 bits per heavy atom. The standard InChI is InChI=1S/C23H28Cl2N2O3/c1-4-16-7-11-19(12-8-16)30-15-22(28)27(21(5-2)23(29)26-6-3)14-17-9-10-18(24)13-20(17)25/h7-13,21H,4-6,14-15H2,1-3H3,(H,26,29)/t21-/m0/s1. The lowest BCUT2D eigenvalue weighted by atomic mass is 10.1. The van der Waals surface area contributed by atoms with Crippen molar-refractivity contribution < 1.29 is 14.3 Å². The summed E-state index contributed by atoms with van der Waals surface area (Å²) in [5, 5.41) is 3.76. The normalized spacial score (nSPS) is 11.6. The molecular weight excluding hydrogens is 423 g/mol. The van der Waals surface area contributed by atoms with Crippen molar-refractivity contribution in [2.75, 3.05) is 13.2 Å². The molecule has 5 nitrogen and oxygen atoms in total. The minimum Gasteiger partial charge on any atom is -0.484 e. The highest BCUT2D eigenvalue weighted by Crippen LogP contribution is 2.24. The van der Waals surface area contributed by atoms with Gasteiger partial charge < -0.3 is 15.0 Å². The first-order valence-electron chi connectivity index (χ1n) is 10.1. The van der Waals surface area contributed by atoms with Crippen molar-refractivity contribution in [2.24, 2.45) is 0 Å². The maximum atomic E-state index is 13.1. The Labute approximate surface area is 188 Å². The molecule has 2 amide bonds. The zero-order valence-corrected chi connectivity index (χ0v) is 19.1. The van der Waals surface area contributed by atoms with Crippen LogP contribution >= 0.6 is 23.2 Å². The predicted octanol–water partition coefficient (Wildman–Crippen LogP) is 4.88. The molecule has 0 radical (unpaired) electrons. The molecule has 1 atom stereocenters. The van der Waals surface area contributed by atoms with E-state index >= 15 is 0 Å². The first kappa shape index (κ1) is 24.0. The van der Waals surface area contributed by atoms with Gasteiger partial charge >= 0.3 is 0 Å². The zero-order chi connectivity index (χ0) is 22.1. The van der Waals surface area contributed by atoms with Crippen molar-refractivity contribution in [1.82, 2.24) is 10.2 Å². The van der Waals surface area contributed by atoms with E-state index in [0.29, 0.717) is 34.3 Å². The number of halogens is 2. The van der Waals surface area contributed by atoms with Crippen molar-refractivity contribution in [1.29, 1.82) is 0 Å². The lowest BCUT2D eigenvalue weighted by Crippen LogP contribution is -2.50. The SMILES string of the molecule is CCNC(=O)[C@H](CC)N(Cc1ccc(Cl)cc1Cl)C(=O)COc1ccc(CC)cc1. The molecular formula is C23H28Cl2N2O3. The zero-order valence-electron chi connectivity index (χ0n) is 17.6. The maximum Gasteiger partial charge on any atom is 0.261 e. The molecule has 0 aromatic heterocycles. The number of nitrogens with one attached hydrogen (secondary N) is 1. The molecule has 2 aromatic rings. The van der Waals surface area contributed by atoms with Crippen LogP contribution in [-0.4, -0.2) is 35.9 Å². The highest BCUT2D eigenvalue weighted by Gasteiger charge is 2.29. The van der Waals surface area contributed by atoms with E-state index < -0.39 is 6.04 Å². The van der Waals surface area contributed by atoms with Gasteiger partial charge in [-0.25, -0.2) is 0 Å². The molecule has 7 heteroatoms. The summed E-state index contributed by atoms with van der Waals surface area (Å²) in [7, 11) is 0. The van der Waals surface area contributed by atoms with E-state index in [2.05, 4.69) is 12.2 Å². The van der Waals surface area contributed by atoms with Crippen LogP contribution in [0.1, 0.15) is 38.3 Å². The smallest absolute Gasteiger partial charge is 0.261 e. The van der Waals surface area contributed by atoms with E-state index in [4.69, 9.17) is 27.9 Å². The van der Waals surface area contributed by atoms with E-state index in [1.54, 1.807) is 18.2 Å². The Balaban J connectivity index is 2.21. The number of hydrogen-bond acceptors (Lipinski definition) is 3. The molecule has 0 saturated heterocycles. The Bertz CT molecular complexity index is 856. The van der Waals surface area contributed by atoms with Gasteiger partial charge in [0.25, 0.3) is 5.91 Å². The average Bonchev–Trinajstić information content (AvgIpc) is 2.74. The Hall–Kier alpha value is -2.24. The van der Waals surface area contributed by atoms with Crippen LogP contribution in [-0.2, 0) is 22.6 Å². The van der Waals surface area contributed by atoms with Gasteiger partial charge in [0.2, 0.25) is 5.91 Å². The average molecular weight is 451 g/mol. The van der Waals surface area contributed by atoms with Crippen LogP contribution in [0.5, 0.6) is 5.75 Å². The van der Waals surface area contributed by atoms with Crippen LogP contribution in [0.15, 0.2) is 42.5 Å². The third kappa shape index (κ3) is 6.64. The van der Waals surface area contributed by atoms with Crippen molar-refractivity contribution in [3.8, 4) is 5.75 Å². The molecule has 0 aliphatic carbocycles. The van der Waals surface area contributed by atoms with E-state index in [1.165, 1.54) is 10.5 Å². The summed E-state index contributed by atoms with van der Waals surface area (Å²) in [4.78, 5) is 27.2. The number of carbonyl (C=O) groups excluding carboxylic acids is 2. The maximum absolute atomic E-state index is 13.1. The molecule has 0 unspecified atom stereocenters. The predicted molar refractivity (Wildman–Crippen MR) is 121 cm³/mol. The summed E-state index contributed by atoms with van der Waals surface area (Å²) >= 11 is 12.3. The summed E-state index contributed by atoms with van der Waals surface area (Å²) in [6.45, 7) is 6.28. The topological polar surface area (TPSA) is 58.6 Å². The molecule has 0 bridgehead atoms. The van der Waals surface area contributed by atoms with E-state index in [9.17, 15) is 9.59 Å². The number of ether oxygens (including phenoxy) is 1. The van der Waals surface area contributed by atoms with Crippen LogP contribution in [0, 0.1) is 0 Å². The summed E-state index contributed by atoms with van der Waals surface area (Å²) in [5.41, 5.74) is 1.90. The van der Waals surface area contributed by atoms with Crippen molar-refractivity contribution in [3.05, 3.63) is 63.6 Å². The summed E-state index contributed by atoms with van der Waals surface area (Å²) in [6.07, 6.45) is 1.40. The first-order chi connectivity index (χ1) is 14.4. The second-order valence-corrected chi connectivity index (χ2v) is 7.71. The van der Waals surface area contributed by atoms with Crippen LogP contribution in [0.4, 0.5) is 0 Å². The molecule has 2 rings (SSSR count). The molecule has 0 fully saturated rings. The van der Waals surface area contributed by atoms with E-state index in [0.717, 1.165) is 6.42 Å². The molecule has 2 aromatic carbocycles. The molecule has 30 heavy (non-hydrogen) atoms. The van der Waals surface area contributed by atoms with Gasteiger partial charge in [0.05, 0.1) is 0 Å². The third-order valence-electron chi connectivity index (χ3n) is 4.79. The number of carbonyl (C=O) groups is 2. The van der Waals surface area contributed by atoms with Crippen LogP contribution in [0.3, 0.4) is 0 Å². The monoisotopic (exact) mass is 450 g/mol. The highest BCUT2D eigenvalue weighted by molar-refractivity contribution is 6.35.